The number of primary amides is 1. The van der Waals surface area contributed by atoms with Gasteiger partial charge in [-0.3, -0.25) is 43.2 Å². The van der Waals surface area contributed by atoms with Crippen molar-refractivity contribution in [1.29, 1.82) is 0 Å². The summed E-state index contributed by atoms with van der Waals surface area (Å²) >= 11 is 0. The van der Waals surface area contributed by atoms with Crippen molar-refractivity contribution < 1.29 is 83.3 Å². The summed E-state index contributed by atoms with van der Waals surface area (Å²) in [6.07, 6.45) is -7.46. The normalized spacial score (nSPS) is 27.3. The van der Waals surface area contributed by atoms with Crippen LogP contribution in [0.5, 0.6) is 5.75 Å². The molecule has 26 nitrogen and oxygen atoms in total. The lowest BCUT2D eigenvalue weighted by Gasteiger charge is -2.43. The molecule has 2 aliphatic heterocycles. The van der Waals surface area contributed by atoms with Crippen LogP contribution in [0.1, 0.15) is 97.1 Å². The van der Waals surface area contributed by atoms with Crippen LogP contribution in [0.15, 0.2) is 66.7 Å². The van der Waals surface area contributed by atoms with E-state index in [9.17, 15) is 78.6 Å². The van der Waals surface area contributed by atoms with Crippen LogP contribution >= 0.6 is 0 Å². The number of nitrogens with zero attached hydrogens (tertiary/aromatic N) is 2. The van der Waals surface area contributed by atoms with Gasteiger partial charge in [0, 0.05) is 26.3 Å². The highest BCUT2D eigenvalue weighted by atomic mass is 16.5. The first kappa shape index (κ1) is 65.3. The number of phenols is 1. The predicted molar refractivity (Wildman–Crippen MR) is 291 cm³/mol. The fourth-order valence-electron chi connectivity index (χ4n) is 9.96. The number of fused-ring (bicyclic) bond motifs is 2. The van der Waals surface area contributed by atoms with Crippen molar-refractivity contribution >= 4 is 59.1 Å². The van der Waals surface area contributed by atoms with Gasteiger partial charge in [0.2, 0.25) is 53.2 Å². The fourth-order valence-corrected chi connectivity index (χ4v) is 9.96. The van der Waals surface area contributed by atoms with E-state index in [1.807, 2.05) is 0 Å². The smallest absolute Gasteiger partial charge is 0.329 e. The molecule has 5 rings (SSSR count). The number of aliphatic hydroxyl groups excluding tert-OH is 5. The predicted octanol–water partition coefficient (Wildman–Crippen LogP) is -2.68. The number of hydrogen-bond acceptors (Lipinski definition) is 17. The molecule has 14 N–H and O–H groups in total. The van der Waals surface area contributed by atoms with Crippen LogP contribution in [0, 0.1) is 11.8 Å². The Kier molecular flexibility index (Phi) is 23.9. The molecule has 0 saturated carbocycles. The van der Waals surface area contributed by atoms with E-state index >= 15 is 0 Å². The Labute approximate surface area is 474 Å². The Balaban J connectivity index is 1.58. The summed E-state index contributed by atoms with van der Waals surface area (Å²) in [5.41, 5.74) is 6.45. The second-order valence-corrected chi connectivity index (χ2v) is 21.5. The number of allylic oxidation sites excluding steroid dienone is 1. The van der Waals surface area contributed by atoms with Gasteiger partial charge in [0.15, 0.2) is 0 Å². The second kappa shape index (κ2) is 30.0. The molecule has 2 aromatic rings. The second-order valence-electron chi connectivity index (χ2n) is 21.5. The van der Waals surface area contributed by atoms with Crippen LogP contribution < -0.4 is 37.6 Å². The van der Waals surface area contributed by atoms with Crippen molar-refractivity contribution in [3.05, 3.63) is 77.9 Å². The highest BCUT2D eigenvalue weighted by molar-refractivity contribution is 5.99. The SMILES string of the molecule is CC[C@H](C)[C@@H]1NC(=O)[C@H](Cc2ccccc2)N(C)C(=O)[C@H]([C@@H](C)O)N2C(=O)C(CCC2O)NC(=O)[C@H](CC2C=CC(O)CC2)NC(=O)[C@@H](NC(=O)[C@H](CCC(N)=O)NC(=O)[C@@H](NC(=O)C(O)Cc2ccc(O)cc2)[C@@H](C)O)[C@@H](C)OC1=O. The third-order valence-corrected chi connectivity index (χ3v) is 15.1. The Morgan fingerprint density at radius 3 is 2.05 bits per heavy atom. The van der Waals surface area contributed by atoms with E-state index in [0.717, 1.165) is 16.7 Å². The first-order valence-electron chi connectivity index (χ1n) is 27.5. The first-order valence-corrected chi connectivity index (χ1v) is 27.5. The van der Waals surface area contributed by atoms with Crippen LogP contribution in [0.2, 0.25) is 0 Å². The zero-order chi connectivity index (χ0) is 60.7. The lowest BCUT2D eigenvalue weighted by molar-refractivity contribution is -0.170. The number of rotatable bonds is 19. The van der Waals surface area contributed by atoms with Gasteiger partial charge in [-0.05, 0) is 94.4 Å². The number of aliphatic hydroxyl groups is 5. The number of nitrogens with one attached hydrogen (secondary N) is 6. The lowest BCUT2D eigenvalue weighted by Crippen LogP contribution is -2.67. The van der Waals surface area contributed by atoms with Crippen molar-refractivity contribution in [3.8, 4) is 5.75 Å². The number of cyclic esters (lactones) is 1. The molecule has 2 aromatic carbocycles. The van der Waals surface area contributed by atoms with E-state index in [1.54, 1.807) is 50.3 Å². The molecule has 0 aromatic heterocycles. The minimum Gasteiger partial charge on any atom is -0.508 e. The maximum atomic E-state index is 15.0. The molecular formula is C56H79N9O17. The highest BCUT2D eigenvalue weighted by Gasteiger charge is 2.48. The average Bonchev–Trinajstić information content (AvgIpc) is 3.52. The molecule has 2 saturated heterocycles. The van der Waals surface area contributed by atoms with Crippen molar-refractivity contribution in [2.24, 2.45) is 17.6 Å². The van der Waals surface area contributed by atoms with Crippen LogP contribution in [0.4, 0.5) is 0 Å². The number of benzene rings is 2. The van der Waals surface area contributed by atoms with Gasteiger partial charge in [0.1, 0.15) is 72.5 Å². The molecular weight excluding hydrogens is 1070 g/mol. The first-order chi connectivity index (χ1) is 38.7. The largest absolute Gasteiger partial charge is 0.508 e. The molecule has 5 unspecified atom stereocenters. The number of ether oxygens (including phenoxy) is 1. The number of carbonyl (C=O) groups is 10. The number of likely N-dealkylation sites (N-methyl/N-ethyl adjacent to an activating group) is 1. The maximum absolute atomic E-state index is 15.0. The molecule has 26 heteroatoms. The van der Waals surface area contributed by atoms with Crippen LogP contribution in [-0.2, 0) is 65.5 Å². The molecule has 1 aliphatic carbocycles. The number of piperidine rings is 1. The van der Waals surface area contributed by atoms with Crippen LogP contribution in [-0.4, -0.2) is 192 Å². The van der Waals surface area contributed by atoms with Gasteiger partial charge in [-0.2, -0.15) is 0 Å². The quantitative estimate of drug-likeness (QED) is 0.0504. The molecule has 2 heterocycles. The summed E-state index contributed by atoms with van der Waals surface area (Å²) in [4.78, 5) is 144. The molecule has 2 fully saturated rings. The molecule has 0 spiro atoms. The molecule has 9 amide bonds. The van der Waals surface area contributed by atoms with Gasteiger partial charge in [-0.15, -0.1) is 0 Å². The van der Waals surface area contributed by atoms with Crippen molar-refractivity contribution in [2.45, 2.75) is 184 Å². The Morgan fingerprint density at radius 1 is 0.780 bits per heavy atom. The fraction of sp³-hybridized carbons (Fsp3) is 0.571. The van der Waals surface area contributed by atoms with Crippen molar-refractivity contribution in [1.82, 2.24) is 41.7 Å². The average molecular weight is 1150 g/mol. The molecule has 0 radical (unpaired) electrons. The lowest BCUT2D eigenvalue weighted by atomic mass is 9.88. The number of carbonyl (C=O) groups excluding carboxylic acids is 10. The summed E-state index contributed by atoms with van der Waals surface area (Å²) in [6.45, 7) is 6.86. The maximum Gasteiger partial charge on any atom is 0.329 e. The van der Waals surface area contributed by atoms with Gasteiger partial charge in [0.05, 0.1) is 18.3 Å². The van der Waals surface area contributed by atoms with E-state index in [4.69, 9.17) is 10.5 Å². The summed E-state index contributed by atoms with van der Waals surface area (Å²) in [7, 11) is 1.26. The van der Waals surface area contributed by atoms with Crippen LogP contribution in [0.3, 0.4) is 0 Å². The number of aromatic hydroxyl groups is 1. The number of amides is 9. The molecule has 450 valence electrons. The van der Waals surface area contributed by atoms with Gasteiger partial charge in [0.25, 0.3) is 0 Å². The number of hydrogen-bond donors (Lipinski definition) is 13. The Morgan fingerprint density at radius 2 is 1.45 bits per heavy atom. The zero-order valence-corrected chi connectivity index (χ0v) is 46.8. The summed E-state index contributed by atoms with van der Waals surface area (Å²) < 4.78 is 5.94. The van der Waals surface area contributed by atoms with E-state index in [0.29, 0.717) is 17.5 Å². The molecule has 2 bridgehead atoms. The minimum absolute atomic E-state index is 0.0723. The van der Waals surface area contributed by atoms with E-state index in [2.05, 4.69) is 31.9 Å². The minimum atomic E-state index is -2.00. The Bertz CT molecular complexity index is 2620. The van der Waals surface area contributed by atoms with Gasteiger partial charge >= 0.3 is 5.97 Å². The van der Waals surface area contributed by atoms with Crippen LogP contribution in [0.25, 0.3) is 0 Å². The number of esters is 1. The third-order valence-electron chi connectivity index (χ3n) is 15.1. The highest BCUT2D eigenvalue weighted by Crippen LogP contribution is 2.27. The zero-order valence-electron chi connectivity index (χ0n) is 46.8. The van der Waals surface area contributed by atoms with E-state index in [1.165, 1.54) is 51.2 Å². The standard InChI is InChI=1S/C56H79N9O17/c1-7-28(2)44-56(81)82-31(5)46(63-48(73)37(21-23-42(57)71)58-52(77)45(29(3)66)62-51(76)41(70)27-34-15-19-36(69)20-16-34)53(78)60-39(25-33-13-17-35(68)18-14-33)49(74)59-38-22-24-43(72)65(54(38)79)47(30(4)67)55(80)64(6)40(50(75)61-44)26-32-11-9-8-10-12-32/h8-13,15-17,19-20,28-31,33,35,37-41,43-47,66-70,72H,7,14,18,21-27H2,1-6H3,(H2,57,71)(H,58,77)(H,59,74)(H,60,78)(H,61,75)(H,62,76)(H,63,73)/t28-,29+,30+,31+,33?,35?,37-,38?,39-,40-,41?,43?,44-,45-,46-,47-/m0/s1. The number of nitrogens with two attached hydrogens (primary N) is 1. The molecule has 82 heavy (non-hydrogen) atoms. The van der Waals surface area contributed by atoms with Gasteiger partial charge < -0.3 is 82.8 Å². The molecule has 16 atom stereocenters. The van der Waals surface area contributed by atoms with Crippen molar-refractivity contribution in [2.75, 3.05) is 7.05 Å². The van der Waals surface area contributed by atoms with E-state index in [-0.39, 0.29) is 50.7 Å². The van der Waals surface area contributed by atoms with Gasteiger partial charge in [-0.25, -0.2) is 4.79 Å². The summed E-state index contributed by atoms with van der Waals surface area (Å²) in [6, 6.07) is 0.521. The topological polar surface area (TPSA) is 406 Å². The monoisotopic (exact) mass is 1150 g/mol. The van der Waals surface area contributed by atoms with E-state index < -0.39 is 169 Å². The molecule has 3 aliphatic rings. The Hall–Kier alpha value is -7.52. The number of phenolic OH excluding ortho intramolecular Hbond substituents is 1. The summed E-state index contributed by atoms with van der Waals surface area (Å²) in [5, 5.41) is 78.9. The van der Waals surface area contributed by atoms with Crippen molar-refractivity contribution in [3.63, 3.8) is 0 Å². The van der Waals surface area contributed by atoms with Gasteiger partial charge in [-0.1, -0.05) is 74.9 Å². The summed E-state index contributed by atoms with van der Waals surface area (Å²) in [5.74, 6) is -11.9. The third kappa shape index (κ3) is 17.7.